The van der Waals surface area contributed by atoms with Crippen LogP contribution in [0.3, 0.4) is 0 Å². The van der Waals surface area contributed by atoms with Crippen molar-refractivity contribution >= 4 is 22.6 Å². The van der Waals surface area contributed by atoms with Gasteiger partial charge in [-0.05, 0) is 53.2 Å². The number of halogens is 1. The molecular formula is C20H27ClN2O3S. The lowest BCUT2D eigenvalue weighted by Gasteiger charge is -2.34. The van der Waals surface area contributed by atoms with E-state index in [0.29, 0.717) is 17.9 Å². The molecule has 1 N–H and O–H groups in total. The Balaban J connectivity index is 2.23. The fourth-order valence-electron chi connectivity index (χ4n) is 2.71. The van der Waals surface area contributed by atoms with Gasteiger partial charge in [0.05, 0.1) is 27.2 Å². The molecule has 0 bridgehead atoms. The Morgan fingerprint density at radius 2 is 1.89 bits per heavy atom. The second-order valence-corrected chi connectivity index (χ2v) is 10.6. The number of ether oxygens (including phenoxy) is 2. The third kappa shape index (κ3) is 5.25. The van der Waals surface area contributed by atoms with Crippen molar-refractivity contribution in [1.29, 1.82) is 5.26 Å². The molecule has 2 rings (SSSR count). The van der Waals surface area contributed by atoms with Gasteiger partial charge in [-0.1, -0.05) is 23.7 Å². The van der Waals surface area contributed by atoms with Crippen molar-refractivity contribution < 1.29 is 13.7 Å². The van der Waals surface area contributed by atoms with Crippen LogP contribution in [0.1, 0.15) is 53.0 Å². The third-order valence-corrected chi connectivity index (χ3v) is 6.41. The number of nitriles is 1. The largest absolute Gasteiger partial charge is 0.453 e. The van der Waals surface area contributed by atoms with Gasteiger partial charge in [-0.3, -0.25) is 0 Å². The van der Waals surface area contributed by atoms with E-state index in [1.807, 2.05) is 46.8 Å². The van der Waals surface area contributed by atoms with E-state index in [4.69, 9.17) is 21.1 Å². The summed E-state index contributed by atoms with van der Waals surface area (Å²) in [6.07, 6.45) is 4.00. The van der Waals surface area contributed by atoms with Crippen LogP contribution in [0.4, 0.5) is 0 Å². The molecule has 2 atom stereocenters. The lowest BCUT2D eigenvalue weighted by Crippen LogP contribution is -2.47. The molecule has 0 saturated heterocycles. The molecule has 1 heterocycles. The van der Waals surface area contributed by atoms with Crippen molar-refractivity contribution in [2.24, 2.45) is 5.41 Å². The molecule has 1 aromatic rings. The lowest BCUT2D eigenvalue weighted by atomic mass is 9.82. The molecule has 5 nitrogen and oxygen atoms in total. The Morgan fingerprint density at radius 1 is 1.26 bits per heavy atom. The highest BCUT2D eigenvalue weighted by Crippen LogP contribution is 2.39. The molecule has 0 spiro atoms. The fraction of sp³-hybridized carbons (Fsp3) is 0.550. The van der Waals surface area contributed by atoms with Gasteiger partial charge in [0.25, 0.3) is 5.79 Å². The average Bonchev–Trinajstić information content (AvgIpc) is 3.07. The minimum absolute atomic E-state index is 0.314. The van der Waals surface area contributed by atoms with Crippen molar-refractivity contribution in [3.8, 4) is 6.07 Å². The number of nitrogens with zero attached hydrogens (tertiary/aromatic N) is 1. The second-order valence-electron chi connectivity index (χ2n) is 8.19. The summed E-state index contributed by atoms with van der Waals surface area (Å²) in [6, 6.07) is 9.33. The van der Waals surface area contributed by atoms with E-state index >= 15 is 0 Å². The first-order valence-electron chi connectivity index (χ1n) is 8.86. The zero-order chi connectivity index (χ0) is 20.3. The maximum Gasteiger partial charge on any atom is 0.276 e. The Kier molecular flexibility index (Phi) is 6.62. The quantitative estimate of drug-likeness (QED) is 0.703. The first-order valence-corrected chi connectivity index (χ1v) is 10.4. The number of hydrogen-bond donors (Lipinski definition) is 1. The Hall–Kier alpha value is -1.55. The monoisotopic (exact) mass is 410 g/mol. The van der Waals surface area contributed by atoms with Crippen LogP contribution in [0, 0.1) is 16.7 Å². The van der Waals surface area contributed by atoms with E-state index in [2.05, 4.69) is 10.8 Å². The number of rotatable bonds is 7. The SMILES string of the molecule is CC(C)(C#N)[C@@H](CCC1(c2cccc(Cl)c2)OC=CO1)N[S@@](=O)C(C)(C)C. The molecule has 27 heavy (non-hydrogen) atoms. The van der Waals surface area contributed by atoms with Gasteiger partial charge in [-0.25, -0.2) is 8.93 Å². The smallest absolute Gasteiger partial charge is 0.276 e. The van der Waals surface area contributed by atoms with Gasteiger partial charge in [0.2, 0.25) is 0 Å². The summed E-state index contributed by atoms with van der Waals surface area (Å²) in [6.45, 7) is 9.36. The predicted octanol–water partition coefficient (Wildman–Crippen LogP) is 4.76. The molecule has 1 aromatic carbocycles. The normalized spacial score (nSPS) is 18.3. The van der Waals surface area contributed by atoms with E-state index < -0.39 is 26.9 Å². The maximum atomic E-state index is 12.6. The van der Waals surface area contributed by atoms with Crippen molar-refractivity contribution in [2.45, 2.75) is 64.0 Å². The summed E-state index contributed by atoms with van der Waals surface area (Å²) in [5.74, 6) is -1.00. The van der Waals surface area contributed by atoms with Gasteiger partial charge < -0.3 is 9.47 Å². The molecule has 1 aliphatic heterocycles. The number of nitrogens with one attached hydrogen (secondary N) is 1. The van der Waals surface area contributed by atoms with Crippen LogP contribution in [-0.4, -0.2) is 15.0 Å². The van der Waals surface area contributed by atoms with Gasteiger partial charge in [0.1, 0.15) is 12.5 Å². The van der Waals surface area contributed by atoms with Crippen LogP contribution in [0.5, 0.6) is 0 Å². The topological polar surface area (TPSA) is 71.3 Å². The van der Waals surface area contributed by atoms with Crippen molar-refractivity contribution in [2.75, 3.05) is 0 Å². The molecule has 7 heteroatoms. The highest BCUT2D eigenvalue weighted by Gasteiger charge is 2.41. The van der Waals surface area contributed by atoms with E-state index in [1.165, 1.54) is 12.5 Å². The summed E-state index contributed by atoms with van der Waals surface area (Å²) in [5, 5.41) is 10.2. The average molecular weight is 411 g/mol. The van der Waals surface area contributed by atoms with E-state index in [1.54, 1.807) is 12.1 Å². The van der Waals surface area contributed by atoms with Crippen LogP contribution in [0.25, 0.3) is 0 Å². The second kappa shape index (κ2) is 8.22. The van der Waals surface area contributed by atoms with Crippen LogP contribution in [0.2, 0.25) is 5.02 Å². The van der Waals surface area contributed by atoms with Crippen LogP contribution >= 0.6 is 11.6 Å². The number of benzene rings is 1. The summed E-state index contributed by atoms with van der Waals surface area (Å²) in [5.41, 5.74) is 0.0769. The van der Waals surface area contributed by atoms with Crippen LogP contribution in [0.15, 0.2) is 36.8 Å². The highest BCUT2D eigenvalue weighted by atomic mass is 35.5. The molecule has 0 aliphatic carbocycles. The molecule has 0 fully saturated rings. The fourth-order valence-corrected chi connectivity index (χ4v) is 3.93. The minimum Gasteiger partial charge on any atom is -0.453 e. The van der Waals surface area contributed by atoms with Gasteiger partial charge in [0, 0.05) is 23.0 Å². The predicted molar refractivity (Wildman–Crippen MR) is 108 cm³/mol. The van der Waals surface area contributed by atoms with Crippen molar-refractivity contribution in [1.82, 2.24) is 4.72 Å². The summed E-state index contributed by atoms with van der Waals surface area (Å²) in [4.78, 5) is 0. The zero-order valence-electron chi connectivity index (χ0n) is 16.4. The summed E-state index contributed by atoms with van der Waals surface area (Å²) in [7, 11) is -1.30. The molecule has 0 unspecified atom stereocenters. The highest BCUT2D eigenvalue weighted by molar-refractivity contribution is 7.84. The van der Waals surface area contributed by atoms with Crippen molar-refractivity contribution in [3.63, 3.8) is 0 Å². The van der Waals surface area contributed by atoms with Gasteiger partial charge >= 0.3 is 0 Å². The van der Waals surface area contributed by atoms with Gasteiger partial charge in [0.15, 0.2) is 0 Å². The Bertz CT molecular complexity index is 757. The molecule has 1 aliphatic rings. The standard InChI is InChI=1S/C20H27ClN2O3S/c1-18(2,3)27(24)23-17(19(4,5)14-22)9-10-20(25-11-12-26-20)15-7-6-8-16(21)13-15/h6-8,11-13,17,23H,9-10H2,1-5H3/t17-,27+/m1/s1. The lowest BCUT2D eigenvalue weighted by molar-refractivity contribution is -0.157. The minimum atomic E-state index is -1.30. The molecule has 148 valence electrons. The van der Waals surface area contributed by atoms with E-state index in [0.717, 1.165) is 5.56 Å². The Labute approximate surface area is 169 Å². The first-order chi connectivity index (χ1) is 12.5. The van der Waals surface area contributed by atoms with E-state index in [9.17, 15) is 9.47 Å². The molecule has 0 aromatic heterocycles. The number of hydrogen-bond acceptors (Lipinski definition) is 4. The zero-order valence-corrected chi connectivity index (χ0v) is 18.0. The van der Waals surface area contributed by atoms with Crippen LogP contribution in [-0.2, 0) is 26.2 Å². The third-order valence-electron chi connectivity index (χ3n) is 4.56. The first kappa shape index (κ1) is 21.7. The summed E-state index contributed by atoms with van der Waals surface area (Å²) >= 11 is 6.13. The van der Waals surface area contributed by atoms with Crippen LogP contribution < -0.4 is 4.72 Å². The summed E-state index contributed by atoms with van der Waals surface area (Å²) < 4.78 is 26.9. The van der Waals surface area contributed by atoms with Crippen molar-refractivity contribution in [3.05, 3.63) is 47.4 Å². The molecule has 0 amide bonds. The van der Waals surface area contributed by atoms with E-state index in [-0.39, 0.29) is 6.04 Å². The maximum absolute atomic E-state index is 12.6. The molecular weight excluding hydrogens is 384 g/mol. The Morgan fingerprint density at radius 3 is 2.41 bits per heavy atom. The molecule has 0 saturated carbocycles. The molecule has 0 radical (unpaired) electrons. The van der Waals surface area contributed by atoms with Gasteiger partial charge in [-0.2, -0.15) is 5.26 Å². The van der Waals surface area contributed by atoms with Gasteiger partial charge in [-0.15, -0.1) is 0 Å².